The van der Waals surface area contributed by atoms with Crippen molar-refractivity contribution in [3.8, 4) is 5.75 Å². The van der Waals surface area contributed by atoms with Gasteiger partial charge in [-0.3, -0.25) is 9.69 Å². The molecule has 0 spiro atoms. The molecule has 1 aliphatic heterocycles. The fourth-order valence-corrected chi connectivity index (χ4v) is 2.75. The van der Waals surface area contributed by atoms with Crippen molar-refractivity contribution in [3.63, 3.8) is 0 Å². The highest BCUT2D eigenvalue weighted by Gasteiger charge is 2.09. The van der Waals surface area contributed by atoms with Gasteiger partial charge < -0.3 is 15.4 Å². The monoisotopic (exact) mass is 313 g/mol. The lowest BCUT2D eigenvalue weighted by Crippen LogP contribution is -2.46. The zero-order valence-electron chi connectivity index (χ0n) is 13.3. The molecule has 1 fully saturated rings. The van der Waals surface area contributed by atoms with Crippen molar-refractivity contribution >= 4 is 16.7 Å². The molecule has 3 rings (SSSR count). The molecule has 2 aromatic rings. The van der Waals surface area contributed by atoms with Gasteiger partial charge in [-0.15, -0.1) is 0 Å². The Labute approximate surface area is 136 Å². The van der Waals surface area contributed by atoms with Gasteiger partial charge in [0.1, 0.15) is 5.75 Å². The number of fused-ring (bicyclic) bond motifs is 1. The van der Waals surface area contributed by atoms with Gasteiger partial charge in [-0.1, -0.05) is 30.3 Å². The van der Waals surface area contributed by atoms with E-state index in [1.807, 2.05) is 36.4 Å². The Morgan fingerprint density at radius 2 is 1.91 bits per heavy atom. The molecule has 0 radical (unpaired) electrons. The average Bonchev–Trinajstić information content (AvgIpc) is 2.61. The number of hydrogen-bond acceptors (Lipinski definition) is 4. The summed E-state index contributed by atoms with van der Waals surface area (Å²) in [4.78, 5) is 14.2. The molecule has 1 heterocycles. The van der Waals surface area contributed by atoms with Crippen LogP contribution in [0.15, 0.2) is 42.5 Å². The molecule has 122 valence electrons. The van der Waals surface area contributed by atoms with Crippen LogP contribution >= 0.6 is 0 Å². The fraction of sp³-hybridized carbons (Fsp3) is 0.389. The minimum atomic E-state index is -0.0757. The van der Waals surface area contributed by atoms with Crippen molar-refractivity contribution in [2.75, 3.05) is 45.9 Å². The highest BCUT2D eigenvalue weighted by molar-refractivity contribution is 5.84. The average molecular weight is 313 g/mol. The first-order valence-corrected chi connectivity index (χ1v) is 8.13. The van der Waals surface area contributed by atoms with Crippen LogP contribution in [0.5, 0.6) is 5.75 Å². The van der Waals surface area contributed by atoms with Crippen LogP contribution in [0.25, 0.3) is 10.8 Å². The lowest BCUT2D eigenvalue weighted by molar-refractivity contribution is -0.123. The number of nitrogens with one attached hydrogen (secondary N) is 2. The smallest absolute Gasteiger partial charge is 0.257 e. The largest absolute Gasteiger partial charge is 0.484 e. The highest BCUT2D eigenvalue weighted by atomic mass is 16.5. The van der Waals surface area contributed by atoms with Gasteiger partial charge in [0, 0.05) is 39.3 Å². The molecular weight excluding hydrogens is 290 g/mol. The molecular formula is C18H23N3O2. The summed E-state index contributed by atoms with van der Waals surface area (Å²) in [6.45, 7) is 5.76. The first-order valence-electron chi connectivity index (χ1n) is 8.13. The fourth-order valence-electron chi connectivity index (χ4n) is 2.75. The normalized spacial score (nSPS) is 15.5. The van der Waals surface area contributed by atoms with Gasteiger partial charge in [-0.2, -0.15) is 0 Å². The third kappa shape index (κ3) is 4.68. The van der Waals surface area contributed by atoms with E-state index in [0.29, 0.717) is 6.54 Å². The summed E-state index contributed by atoms with van der Waals surface area (Å²) in [5.74, 6) is 0.647. The van der Waals surface area contributed by atoms with Gasteiger partial charge in [-0.25, -0.2) is 0 Å². The highest BCUT2D eigenvalue weighted by Crippen LogP contribution is 2.20. The molecule has 0 atom stereocenters. The van der Waals surface area contributed by atoms with Crippen molar-refractivity contribution < 1.29 is 9.53 Å². The molecule has 1 aliphatic rings. The van der Waals surface area contributed by atoms with Crippen molar-refractivity contribution in [2.45, 2.75) is 0 Å². The second-order valence-electron chi connectivity index (χ2n) is 5.74. The Kier molecular flexibility index (Phi) is 5.45. The first kappa shape index (κ1) is 15.8. The number of rotatable bonds is 6. The van der Waals surface area contributed by atoms with E-state index in [2.05, 4.69) is 21.6 Å². The molecule has 0 aromatic heterocycles. The van der Waals surface area contributed by atoms with Gasteiger partial charge in [0.25, 0.3) is 5.91 Å². The molecule has 5 nitrogen and oxygen atoms in total. The van der Waals surface area contributed by atoms with Crippen LogP contribution in [0, 0.1) is 0 Å². The second-order valence-corrected chi connectivity index (χ2v) is 5.74. The zero-order valence-corrected chi connectivity index (χ0v) is 13.3. The van der Waals surface area contributed by atoms with Crippen LogP contribution in [0.3, 0.4) is 0 Å². The molecule has 0 aliphatic carbocycles. The summed E-state index contributed by atoms with van der Waals surface area (Å²) in [5.41, 5.74) is 0. The van der Waals surface area contributed by atoms with E-state index in [4.69, 9.17) is 4.74 Å². The van der Waals surface area contributed by atoms with Crippen molar-refractivity contribution in [1.29, 1.82) is 0 Å². The minimum Gasteiger partial charge on any atom is -0.484 e. The SMILES string of the molecule is O=C(COc1ccc2ccccc2c1)NCCN1CCNCC1. The molecule has 0 unspecified atom stereocenters. The standard InChI is InChI=1S/C18H23N3O2/c22-18(20-9-12-21-10-7-19-8-11-21)14-23-17-6-5-15-3-1-2-4-16(15)13-17/h1-6,13,19H,7-12,14H2,(H,20,22). The molecule has 1 amide bonds. The van der Waals surface area contributed by atoms with Gasteiger partial charge in [0.05, 0.1) is 0 Å². The van der Waals surface area contributed by atoms with E-state index < -0.39 is 0 Å². The molecule has 2 N–H and O–H groups in total. The number of ether oxygens (including phenoxy) is 1. The third-order valence-corrected chi connectivity index (χ3v) is 4.05. The second kappa shape index (κ2) is 7.94. The lowest BCUT2D eigenvalue weighted by atomic mass is 10.1. The summed E-state index contributed by atoms with van der Waals surface area (Å²) >= 11 is 0. The Bertz CT molecular complexity index is 654. The van der Waals surface area contributed by atoms with Crippen LogP contribution in [-0.4, -0.2) is 56.7 Å². The number of benzene rings is 2. The molecule has 23 heavy (non-hydrogen) atoms. The van der Waals surface area contributed by atoms with Crippen molar-refractivity contribution in [3.05, 3.63) is 42.5 Å². The van der Waals surface area contributed by atoms with Gasteiger partial charge in [-0.05, 0) is 22.9 Å². The Morgan fingerprint density at radius 1 is 1.13 bits per heavy atom. The summed E-state index contributed by atoms with van der Waals surface area (Å²) < 4.78 is 5.58. The number of piperazine rings is 1. The number of amides is 1. The quantitative estimate of drug-likeness (QED) is 0.842. The molecule has 0 saturated carbocycles. The lowest BCUT2D eigenvalue weighted by Gasteiger charge is -2.27. The van der Waals surface area contributed by atoms with E-state index in [1.165, 1.54) is 5.39 Å². The van der Waals surface area contributed by atoms with Crippen LogP contribution in [0.2, 0.25) is 0 Å². The Morgan fingerprint density at radius 3 is 2.74 bits per heavy atom. The molecule has 2 aromatic carbocycles. The predicted octanol–water partition coefficient (Wildman–Crippen LogP) is 1.24. The van der Waals surface area contributed by atoms with E-state index in [-0.39, 0.29) is 12.5 Å². The maximum atomic E-state index is 11.9. The number of nitrogens with zero attached hydrogens (tertiary/aromatic N) is 1. The molecule has 1 saturated heterocycles. The summed E-state index contributed by atoms with van der Waals surface area (Å²) in [5, 5.41) is 8.51. The first-order chi connectivity index (χ1) is 11.3. The predicted molar refractivity (Wildman–Crippen MR) is 91.8 cm³/mol. The van der Waals surface area contributed by atoms with Gasteiger partial charge in [0.2, 0.25) is 0 Å². The van der Waals surface area contributed by atoms with E-state index in [1.54, 1.807) is 0 Å². The third-order valence-electron chi connectivity index (χ3n) is 4.05. The topological polar surface area (TPSA) is 53.6 Å². The maximum absolute atomic E-state index is 11.9. The van der Waals surface area contributed by atoms with Gasteiger partial charge >= 0.3 is 0 Å². The summed E-state index contributed by atoms with van der Waals surface area (Å²) in [6, 6.07) is 14.0. The van der Waals surface area contributed by atoms with Crippen LogP contribution < -0.4 is 15.4 Å². The molecule has 0 bridgehead atoms. The van der Waals surface area contributed by atoms with E-state index in [9.17, 15) is 4.79 Å². The maximum Gasteiger partial charge on any atom is 0.257 e. The minimum absolute atomic E-state index is 0.0555. The Hall–Kier alpha value is -2.11. The summed E-state index contributed by atoms with van der Waals surface area (Å²) in [7, 11) is 0. The van der Waals surface area contributed by atoms with Crippen LogP contribution in [-0.2, 0) is 4.79 Å². The summed E-state index contributed by atoms with van der Waals surface area (Å²) in [6.07, 6.45) is 0. The van der Waals surface area contributed by atoms with Crippen molar-refractivity contribution in [1.82, 2.24) is 15.5 Å². The van der Waals surface area contributed by atoms with E-state index in [0.717, 1.165) is 43.9 Å². The van der Waals surface area contributed by atoms with Crippen molar-refractivity contribution in [2.24, 2.45) is 0 Å². The zero-order chi connectivity index (χ0) is 15.9. The number of hydrogen-bond donors (Lipinski definition) is 2. The van der Waals surface area contributed by atoms with Gasteiger partial charge in [0.15, 0.2) is 6.61 Å². The van der Waals surface area contributed by atoms with Crippen LogP contribution in [0.1, 0.15) is 0 Å². The Balaban J connectivity index is 1.40. The van der Waals surface area contributed by atoms with E-state index >= 15 is 0 Å². The molecule has 5 heteroatoms. The number of carbonyl (C=O) groups is 1. The van der Waals surface area contributed by atoms with Crippen LogP contribution in [0.4, 0.5) is 0 Å². The number of carbonyl (C=O) groups excluding carboxylic acids is 1.